The molecule has 0 fully saturated rings. The van der Waals surface area contributed by atoms with Gasteiger partial charge in [-0.25, -0.2) is 4.79 Å². The van der Waals surface area contributed by atoms with E-state index in [2.05, 4.69) is 10.6 Å². The van der Waals surface area contributed by atoms with Crippen molar-refractivity contribution >= 4 is 29.0 Å². The summed E-state index contributed by atoms with van der Waals surface area (Å²) in [6, 6.07) is 3.48. The molecule has 1 heterocycles. The molecule has 0 aliphatic carbocycles. The van der Waals surface area contributed by atoms with Crippen molar-refractivity contribution in [3.63, 3.8) is 0 Å². The van der Waals surface area contributed by atoms with Gasteiger partial charge in [0, 0.05) is 18.0 Å². The predicted molar refractivity (Wildman–Crippen MR) is 67.5 cm³/mol. The van der Waals surface area contributed by atoms with Gasteiger partial charge in [-0.3, -0.25) is 5.32 Å². The number of hydrogen-bond acceptors (Lipinski definition) is 4. The molecule has 4 N–H and O–H groups in total. The van der Waals surface area contributed by atoms with Gasteiger partial charge in [0.15, 0.2) is 0 Å². The maximum Gasteiger partial charge on any atom is 0.404 e. The maximum atomic E-state index is 10.3. The van der Waals surface area contributed by atoms with Crippen LogP contribution in [0.3, 0.4) is 0 Å². The van der Waals surface area contributed by atoms with E-state index in [9.17, 15) is 9.90 Å². The maximum absolute atomic E-state index is 10.3. The zero-order valence-electron chi connectivity index (χ0n) is 9.31. The van der Waals surface area contributed by atoms with Crippen LogP contribution in [-0.2, 0) is 0 Å². The summed E-state index contributed by atoms with van der Waals surface area (Å²) in [6.45, 7) is 2.74. The Hall–Kier alpha value is -0.820. The first-order valence-corrected chi connectivity index (χ1v) is 6.32. The van der Waals surface area contributed by atoms with Crippen molar-refractivity contribution in [2.75, 3.05) is 13.1 Å². The highest BCUT2D eigenvalue weighted by atomic mass is 35.5. The highest BCUT2D eigenvalue weighted by molar-refractivity contribution is 7.16. The third-order valence-corrected chi connectivity index (χ3v) is 3.41. The van der Waals surface area contributed by atoms with Gasteiger partial charge >= 0.3 is 6.09 Å². The third kappa shape index (κ3) is 5.36. The largest absolute Gasteiger partial charge is 0.465 e. The summed E-state index contributed by atoms with van der Waals surface area (Å²) < 4.78 is 0.626. The van der Waals surface area contributed by atoms with Crippen LogP contribution in [0.15, 0.2) is 12.1 Å². The van der Waals surface area contributed by atoms with E-state index in [0.717, 1.165) is 4.88 Å². The van der Waals surface area contributed by atoms with Crippen LogP contribution in [0.2, 0.25) is 4.34 Å². The number of aliphatic hydroxyl groups excluding tert-OH is 1. The number of thiophene rings is 1. The summed E-state index contributed by atoms with van der Waals surface area (Å²) in [5, 5.41) is 23.4. The summed E-state index contributed by atoms with van der Waals surface area (Å²) in [4.78, 5) is 11.0. The smallest absolute Gasteiger partial charge is 0.404 e. The van der Waals surface area contributed by atoms with E-state index in [1.54, 1.807) is 12.1 Å². The minimum Gasteiger partial charge on any atom is -0.465 e. The lowest BCUT2D eigenvalue weighted by Crippen LogP contribution is -2.33. The summed E-state index contributed by atoms with van der Waals surface area (Å²) in [5.74, 6) is 0.0937. The van der Waals surface area contributed by atoms with E-state index in [-0.39, 0.29) is 5.92 Å². The van der Waals surface area contributed by atoms with Gasteiger partial charge in [0.1, 0.15) is 6.23 Å². The van der Waals surface area contributed by atoms with Gasteiger partial charge in [-0.1, -0.05) is 18.5 Å². The van der Waals surface area contributed by atoms with E-state index in [4.69, 9.17) is 16.7 Å². The average molecular weight is 279 g/mol. The van der Waals surface area contributed by atoms with Gasteiger partial charge in [-0.2, -0.15) is 0 Å². The molecule has 7 heteroatoms. The minimum atomic E-state index is -1.04. The molecular formula is C10H15ClN2O3S. The molecule has 0 saturated carbocycles. The highest BCUT2D eigenvalue weighted by Crippen LogP contribution is 2.25. The second kappa shape index (κ2) is 6.80. The van der Waals surface area contributed by atoms with E-state index in [0.29, 0.717) is 17.4 Å². The zero-order chi connectivity index (χ0) is 12.8. The first-order chi connectivity index (χ1) is 7.99. The van der Waals surface area contributed by atoms with E-state index >= 15 is 0 Å². The standard InChI is InChI=1S/C10H15ClN2O3S/c1-6(5-13-10(15)16)4-12-9(14)7-2-3-8(11)17-7/h2-3,6,9,12-14H,4-5H2,1H3,(H,15,16)/t6-,9?/m0/s1. The van der Waals surface area contributed by atoms with Crippen LogP contribution in [0.4, 0.5) is 4.79 Å². The van der Waals surface area contributed by atoms with Gasteiger partial charge in [0.25, 0.3) is 0 Å². The van der Waals surface area contributed by atoms with E-state index in [1.165, 1.54) is 11.3 Å². The molecule has 0 aromatic carbocycles. The molecule has 17 heavy (non-hydrogen) atoms. The SMILES string of the molecule is C[C@H](CNC(=O)O)CNC(O)c1ccc(Cl)s1. The summed E-state index contributed by atoms with van der Waals surface area (Å²) in [5.41, 5.74) is 0. The molecule has 96 valence electrons. The van der Waals surface area contributed by atoms with Crippen molar-refractivity contribution in [2.45, 2.75) is 13.2 Å². The Labute approximate surface area is 108 Å². The molecule has 0 saturated heterocycles. The molecular weight excluding hydrogens is 264 g/mol. The second-order valence-corrected chi connectivity index (χ2v) is 5.49. The van der Waals surface area contributed by atoms with Crippen LogP contribution < -0.4 is 10.6 Å². The molecule has 1 aromatic rings. The molecule has 0 radical (unpaired) electrons. The van der Waals surface area contributed by atoms with Crippen LogP contribution in [0, 0.1) is 5.92 Å². The number of hydrogen-bond donors (Lipinski definition) is 4. The molecule has 0 aliphatic heterocycles. The molecule has 1 rings (SSSR count). The van der Waals surface area contributed by atoms with Crippen LogP contribution in [0.5, 0.6) is 0 Å². The molecule has 2 atom stereocenters. The Morgan fingerprint density at radius 2 is 2.24 bits per heavy atom. The van der Waals surface area contributed by atoms with Crippen LogP contribution >= 0.6 is 22.9 Å². The number of halogens is 1. The first-order valence-electron chi connectivity index (χ1n) is 5.12. The average Bonchev–Trinajstić information content (AvgIpc) is 2.70. The van der Waals surface area contributed by atoms with Gasteiger partial charge in [-0.05, 0) is 18.1 Å². The van der Waals surface area contributed by atoms with Gasteiger partial charge < -0.3 is 15.5 Å². The van der Waals surface area contributed by atoms with Crippen LogP contribution in [0.1, 0.15) is 18.0 Å². The second-order valence-electron chi connectivity index (χ2n) is 3.74. The molecule has 0 aliphatic rings. The number of rotatable bonds is 6. The van der Waals surface area contributed by atoms with Gasteiger partial charge in [0.05, 0.1) is 4.34 Å². The van der Waals surface area contributed by atoms with Crippen molar-refractivity contribution in [3.05, 3.63) is 21.3 Å². The number of nitrogens with one attached hydrogen (secondary N) is 2. The minimum absolute atomic E-state index is 0.0937. The lowest BCUT2D eigenvalue weighted by molar-refractivity contribution is 0.137. The molecule has 1 unspecified atom stereocenters. The summed E-state index contributed by atoms with van der Waals surface area (Å²) >= 11 is 7.07. The van der Waals surface area contributed by atoms with Gasteiger partial charge in [0.2, 0.25) is 0 Å². The van der Waals surface area contributed by atoms with Crippen LogP contribution in [-0.4, -0.2) is 29.4 Å². The number of amides is 1. The first kappa shape index (κ1) is 14.2. The Morgan fingerprint density at radius 1 is 1.53 bits per heavy atom. The summed E-state index contributed by atoms with van der Waals surface area (Å²) in [6.07, 6.45) is -1.80. The number of carbonyl (C=O) groups is 1. The Morgan fingerprint density at radius 3 is 2.76 bits per heavy atom. The lowest BCUT2D eigenvalue weighted by Gasteiger charge is -2.15. The third-order valence-electron chi connectivity index (χ3n) is 2.12. The topological polar surface area (TPSA) is 81.6 Å². The Bertz CT molecular complexity index is 372. The van der Waals surface area contributed by atoms with E-state index in [1.807, 2.05) is 6.92 Å². The lowest BCUT2D eigenvalue weighted by atomic mass is 10.2. The van der Waals surface area contributed by atoms with E-state index < -0.39 is 12.3 Å². The number of aliphatic hydroxyl groups is 1. The van der Waals surface area contributed by atoms with Gasteiger partial charge in [-0.15, -0.1) is 11.3 Å². The predicted octanol–water partition coefficient (Wildman–Crippen LogP) is 1.89. The zero-order valence-corrected chi connectivity index (χ0v) is 10.9. The Balaban J connectivity index is 2.28. The van der Waals surface area contributed by atoms with Crippen molar-refractivity contribution in [1.82, 2.24) is 10.6 Å². The number of carboxylic acid groups (broad SMARTS) is 1. The Kier molecular flexibility index (Phi) is 5.70. The molecule has 0 bridgehead atoms. The van der Waals surface area contributed by atoms with Crippen molar-refractivity contribution in [1.29, 1.82) is 0 Å². The molecule has 0 spiro atoms. The highest BCUT2D eigenvalue weighted by Gasteiger charge is 2.11. The van der Waals surface area contributed by atoms with Crippen molar-refractivity contribution < 1.29 is 15.0 Å². The fourth-order valence-corrected chi connectivity index (χ4v) is 2.24. The van der Waals surface area contributed by atoms with Crippen LogP contribution in [0.25, 0.3) is 0 Å². The monoisotopic (exact) mass is 278 g/mol. The fourth-order valence-electron chi connectivity index (χ4n) is 1.22. The summed E-state index contributed by atoms with van der Waals surface area (Å²) in [7, 11) is 0. The van der Waals surface area contributed by atoms with Crippen molar-refractivity contribution in [2.24, 2.45) is 5.92 Å². The molecule has 1 amide bonds. The fraction of sp³-hybridized carbons (Fsp3) is 0.500. The molecule has 5 nitrogen and oxygen atoms in total. The normalized spacial score (nSPS) is 14.3. The quantitative estimate of drug-likeness (QED) is 0.599. The van der Waals surface area contributed by atoms with Crippen molar-refractivity contribution in [3.8, 4) is 0 Å². The molecule has 1 aromatic heterocycles.